The number of hydrogen-bond donors (Lipinski definition) is 1. The van der Waals surface area contributed by atoms with Crippen LogP contribution in [0.2, 0.25) is 0 Å². The first kappa shape index (κ1) is 12.2. The number of halogens is 1. The molecular weight excluding hydrogens is 262 g/mol. The summed E-state index contributed by atoms with van der Waals surface area (Å²) in [5, 5.41) is 3.33. The summed E-state index contributed by atoms with van der Waals surface area (Å²) in [6.45, 7) is 2.81. The minimum Gasteiger partial charge on any atom is -0.383 e. The molecule has 0 unspecified atom stereocenters. The fourth-order valence-corrected chi connectivity index (χ4v) is 2.70. The van der Waals surface area contributed by atoms with Crippen LogP contribution in [0.15, 0.2) is 15.9 Å². The Labute approximate surface area is 97.8 Å². The molecule has 1 rings (SSSR count). The van der Waals surface area contributed by atoms with Crippen molar-refractivity contribution in [3.63, 3.8) is 0 Å². The lowest BCUT2D eigenvalue weighted by molar-refractivity contribution is 0.199. The van der Waals surface area contributed by atoms with Crippen LogP contribution in [0.3, 0.4) is 0 Å². The number of aryl methyl sites for hydroxylation is 1. The summed E-state index contributed by atoms with van der Waals surface area (Å²) in [6.07, 6.45) is 2.35. The maximum atomic E-state index is 4.94. The molecule has 80 valence electrons. The van der Waals surface area contributed by atoms with Gasteiger partial charge in [-0.15, -0.1) is 11.3 Å². The summed E-state index contributed by atoms with van der Waals surface area (Å²) in [6, 6.07) is 4.29. The molecule has 0 amide bonds. The molecule has 0 aliphatic carbocycles. The molecule has 0 aromatic carbocycles. The fraction of sp³-hybridized carbons (Fsp3) is 0.600. The van der Waals surface area contributed by atoms with E-state index in [1.807, 2.05) is 11.3 Å². The molecule has 0 radical (unpaired) electrons. The van der Waals surface area contributed by atoms with Crippen molar-refractivity contribution in [2.45, 2.75) is 12.8 Å². The summed E-state index contributed by atoms with van der Waals surface area (Å²) in [7, 11) is 1.73. The summed E-state index contributed by atoms with van der Waals surface area (Å²) >= 11 is 5.28. The molecule has 0 saturated heterocycles. The number of hydrogen-bond acceptors (Lipinski definition) is 3. The highest BCUT2D eigenvalue weighted by molar-refractivity contribution is 9.11. The van der Waals surface area contributed by atoms with Crippen LogP contribution in [0, 0.1) is 0 Å². The molecular formula is C10H16BrNOS. The molecule has 0 saturated carbocycles. The SMILES string of the molecule is COCCNCCCc1ccc(Br)s1. The molecule has 0 aliphatic rings. The van der Waals surface area contributed by atoms with Gasteiger partial charge in [-0.25, -0.2) is 0 Å². The van der Waals surface area contributed by atoms with Gasteiger partial charge >= 0.3 is 0 Å². The van der Waals surface area contributed by atoms with E-state index in [-0.39, 0.29) is 0 Å². The first-order chi connectivity index (χ1) is 6.83. The Morgan fingerprint density at radius 2 is 2.29 bits per heavy atom. The average Bonchev–Trinajstić information content (AvgIpc) is 2.58. The summed E-state index contributed by atoms with van der Waals surface area (Å²) in [5.41, 5.74) is 0. The van der Waals surface area contributed by atoms with Crippen molar-refractivity contribution in [1.29, 1.82) is 0 Å². The van der Waals surface area contributed by atoms with Crippen molar-refractivity contribution in [2.75, 3.05) is 26.8 Å². The van der Waals surface area contributed by atoms with Gasteiger partial charge in [-0.05, 0) is 47.4 Å². The van der Waals surface area contributed by atoms with Gasteiger partial charge in [0.05, 0.1) is 10.4 Å². The molecule has 2 nitrogen and oxygen atoms in total. The highest BCUT2D eigenvalue weighted by atomic mass is 79.9. The van der Waals surface area contributed by atoms with E-state index >= 15 is 0 Å². The van der Waals surface area contributed by atoms with Gasteiger partial charge in [0.1, 0.15) is 0 Å². The highest BCUT2D eigenvalue weighted by Crippen LogP contribution is 2.22. The number of methoxy groups -OCH3 is 1. The van der Waals surface area contributed by atoms with Crippen molar-refractivity contribution in [2.24, 2.45) is 0 Å². The van der Waals surface area contributed by atoms with Crippen LogP contribution in [0.25, 0.3) is 0 Å². The van der Waals surface area contributed by atoms with Crippen molar-refractivity contribution in [3.05, 3.63) is 20.8 Å². The molecule has 0 aliphatic heterocycles. The zero-order chi connectivity index (χ0) is 10.2. The van der Waals surface area contributed by atoms with E-state index in [1.54, 1.807) is 7.11 Å². The van der Waals surface area contributed by atoms with Crippen molar-refractivity contribution in [3.8, 4) is 0 Å². The standard InChI is InChI=1S/C10H16BrNOS/c1-13-8-7-12-6-2-3-9-4-5-10(11)14-9/h4-5,12H,2-3,6-8H2,1H3. The van der Waals surface area contributed by atoms with Gasteiger partial charge in [-0.2, -0.15) is 0 Å². The largest absolute Gasteiger partial charge is 0.383 e. The van der Waals surface area contributed by atoms with E-state index in [0.29, 0.717) is 0 Å². The first-order valence-corrected chi connectivity index (χ1v) is 6.37. The van der Waals surface area contributed by atoms with Gasteiger partial charge < -0.3 is 10.1 Å². The lowest BCUT2D eigenvalue weighted by Gasteiger charge is -2.02. The van der Waals surface area contributed by atoms with Crippen LogP contribution in [0.1, 0.15) is 11.3 Å². The molecule has 4 heteroatoms. The van der Waals surface area contributed by atoms with Gasteiger partial charge in [-0.1, -0.05) is 0 Å². The van der Waals surface area contributed by atoms with E-state index in [2.05, 4.69) is 33.4 Å². The number of thiophene rings is 1. The maximum Gasteiger partial charge on any atom is 0.0701 e. The minimum atomic E-state index is 0.796. The third kappa shape index (κ3) is 5.10. The van der Waals surface area contributed by atoms with Crippen LogP contribution in [0.5, 0.6) is 0 Å². The van der Waals surface area contributed by atoms with Crippen molar-refractivity contribution >= 4 is 27.3 Å². The summed E-state index contributed by atoms with van der Waals surface area (Å²) in [4.78, 5) is 1.45. The second-order valence-electron chi connectivity index (χ2n) is 3.05. The lowest BCUT2D eigenvalue weighted by atomic mass is 10.2. The van der Waals surface area contributed by atoms with Gasteiger partial charge in [0, 0.05) is 18.5 Å². The van der Waals surface area contributed by atoms with E-state index in [4.69, 9.17) is 4.74 Å². The van der Waals surface area contributed by atoms with Crippen LogP contribution >= 0.6 is 27.3 Å². The molecule has 0 bridgehead atoms. The zero-order valence-corrected chi connectivity index (χ0v) is 10.8. The third-order valence-corrected chi connectivity index (χ3v) is 3.57. The van der Waals surface area contributed by atoms with E-state index in [1.165, 1.54) is 15.1 Å². The predicted molar refractivity (Wildman–Crippen MR) is 65.1 cm³/mol. The Bertz CT molecular complexity index is 252. The summed E-state index contributed by atoms with van der Waals surface area (Å²) < 4.78 is 6.17. The highest BCUT2D eigenvalue weighted by Gasteiger charge is 1.96. The Balaban J connectivity index is 1.99. The number of ether oxygens (including phenoxy) is 1. The second-order valence-corrected chi connectivity index (χ2v) is 5.60. The lowest BCUT2D eigenvalue weighted by Crippen LogP contribution is -2.20. The normalized spacial score (nSPS) is 10.7. The number of rotatable bonds is 7. The smallest absolute Gasteiger partial charge is 0.0701 e. The quantitative estimate of drug-likeness (QED) is 0.774. The maximum absolute atomic E-state index is 4.94. The first-order valence-electron chi connectivity index (χ1n) is 4.77. The molecule has 1 aromatic rings. The Morgan fingerprint density at radius 1 is 1.43 bits per heavy atom. The molecule has 1 aromatic heterocycles. The third-order valence-electron chi connectivity index (χ3n) is 1.89. The topological polar surface area (TPSA) is 21.3 Å². The fourth-order valence-electron chi connectivity index (χ4n) is 1.17. The molecule has 1 N–H and O–H groups in total. The Hall–Kier alpha value is 0.1000. The van der Waals surface area contributed by atoms with Crippen LogP contribution in [-0.2, 0) is 11.2 Å². The molecule has 14 heavy (non-hydrogen) atoms. The van der Waals surface area contributed by atoms with Gasteiger partial charge in [-0.3, -0.25) is 0 Å². The molecule has 0 spiro atoms. The molecule has 0 fully saturated rings. The van der Waals surface area contributed by atoms with E-state index < -0.39 is 0 Å². The van der Waals surface area contributed by atoms with Gasteiger partial charge in [0.25, 0.3) is 0 Å². The number of nitrogens with one attached hydrogen (secondary N) is 1. The Morgan fingerprint density at radius 3 is 2.93 bits per heavy atom. The van der Waals surface area contributed by atoms with Crippen LogP contribution in [-0.4, -0.2) is 26.8 Å². The monoisotopic (exact) mass is 277 g/mol. The van der Waals surface area contributed by atoms with Crippen molar-refractivity contribution < 1.29 is 4.74 Å². The zero-order valence-electron chi connectivity index (χ0n) is 8.38. The molecule has 0 atom stereocenters. The van der Waals surface area contributed by atoms with Crippen LogP contribution in [0.4, 0.5) is 0 Å². The van der Waals surface area contributed by atoms with Gasteiger partial charge in [0.2, 0.25) is 0 Å². The van der Waals surface area contributed by atoms with Crippen LogP contribution < -0.4 is 5.32 Å². The van der Waals surface area contributed by atoms with E-state index in [9.17, 15) is 0 Å². The van der Waals surface area contributed by atoms with Crippen molar-refractivity contribution in [1.82, 2.24) is 5.32 Å². The molecule has 1 heterocycles. The minimum absolute atomic E-state index is 0.796. The second kappa shape index (κ2) is 7.40. The predicted octanol–water partition coefficient (Wildman–Crippen LogP) is 2.68. The average molecular weight is 278 g/mol. The van der Waals surface area contributed by atoms with E-state index in [0.717, 1.165) is 26.1 Å². The Kier molecular flexibility index (Phi) is 6.43. The summed E-state index contributed by atoms with van der Waals surface area (Å²) in [5.74, 6) is 0. The van der Waals surface area contributed by atoms with Gasteiger partial charge in [0.15, 0.2) is 0 Å².